The standard InChI is InChI=1S/C12H14ClNO3/c13-9-4-11-12(17-7-16-11)5-10(9)14-6-8-2-1-3-15-8/h4-5,8,14H,1-3,6-7H2. The van der Waals surface area contributed by atoms with Crippen molar-refractivity contribution in [3.63, 3.8) is 0 Å². The number of halogens is 1. The highest BCUT2D eigenvalue weighted by molar-refractivity contribution is 6.33. The predicted octanol–water partition coefficient (Wildman–Crippen LogP) is 2.66. The zero-order valence-corrected chi connectivity index (χ0v) is 10.1. The molecule has 0 saturated carbocycles. The van der Waals surface area contributed by atoms with Crippen molar-refractivity contribution in [2.45, 2.75) is 18.9 Å². The monoisotopic (exact) mass is 255 g/mol. The molecule has 0 amide bonds. The first-order valence-corrected chi connectivity index (χ1v) is 6.15. The molecule has 1 atom stereocenters. The van der Waals surface area contributed by atoms with Gasteiger partial charge >= 0.3 is 0 Å². The van der Waals surface area contributed by atoms with Crippen LogP contribution in [0.5, 0.6) is 11.5 Å². The third-order valence-electron chi connectivity index (χ3n) is 3.01. The second-order valence-electron chi connectivity index (χ2n) is 4.20. The van der Waals surface area contributed by atoms with Crippen LogP contribution in [0.4, 0.5) is 5.69 Å². The highest BCUT2D eigenvalue weighted by Gasteiger charge is 2.18. The molecule has 0 spiro atoms. The van der Waals surface area contributed by atoms with Gasteiger partial charge in [-0.05, 0) is 12.8 Å². The third kappa shape index (κ3) is 2.28. The summed E-state index contributed by atoms with van der Waals surface area (Å²) in [5.41, 5.74) is 0.867. The molecule has 0 bridgehead atoms. The Labute approximate surface area is 105 Å². The van der Waals surface area contributed by atoms with E-state index >= 15 is 0 Å². The summed E-state index contributed by atoms with van der Waals surface area (Å²) in [5, 5.41) is 3.94. The maximum Gasteiger partial charge on any atom is 0.231 e. The lowest BCUT2D eigenvalue weighted by Gasteiger charge is -2.13. The molecule has 3 rings (SSSR count). The van der Waals surface area contributed by atoms with E-state index in [0.717, 1.165) is 37.4 Å². The summed E-state index contributed by atoms with van der Waals surface area (Å²) in [7, 11) is 0. The zero-order valence-electron chi connectivity index (χ0n) is 9.37. The van der Waals surface area contributed by atoms with Crippen LogP contribution in [0.15, 0.2) is 12.1 Å². The minimum absolute atomic E-state index is 0.265. The first-order chi connectivity index (χ1) is 8.33. The molecule has 2 aliphatic rings. The molecular formula is C12H14ClNO3. The van der Waals surface area contributed by atoms with Gasteiger partial charge < -0.3 is 19.5 Å². The summed E-state index contributed by atoms with van der Waals surface area (Å²) in [6.45, 7) is 1.90. The van der Waals surface area contributed by atoms with E-state index in [1.807, 2.05) is 6.07 Å². The van der Waals surface area contributed by atoms with E-state index in [2.05, 4.69) is 5.32 Å². The minimum Gasteiger partial charge on any atom is -0.454 e. The van der Waals surface area contributed by atoms with Crippen LogP contribution in [0.3, 0.4) is 0 Å². The van der Waals surface area contributed by atoms with Crippen LogP contribution >= 0.6 is 11.6 Å². The van der Waals surface area contributed by atoms with Crippen LogP contribution in [0, 0.1) is 0 Å². The molecule has 4 nitrogen and oxygen atoms in total. The van der Waals surface area contributed by atoms with Crippen molar-refractivity contribution in [3.05, 3.63) is 17.2 Å². The largest absolute Gasteiger partial charge is 0.454 e. The van der Waals surface area contributed by atoms with Gasteiger partial charge in [-0.15, -0.1) is 0 Å². The molecule has 2 aliphatic heterocycles. The lowest BCUT2D eigenvalue weighted by molar-refractivity contribution is 0.120. The third-order valence-corrected chi connectivity index (χ3v) is 3.32. The van der Waals surface area contributed by atoms with Gasteiger partial charge in [0.25, 0.3) is 0 Å². The van der Waals surface area contributed by atoms with Crippen molar-refractivity contribution in [3.8, 4) is 11.5 Å². The molecule has 5 heteroatoms. The van der Waals surface area contributed by atoms with E-state index in [1.54, 1.807) is 6.07 Å². The van der Waals surface area contributed by atoms with Crippen molar-refractivity contribution in [2.75, 3.05) is 25.3 Å². The number of nitrogens with one attached hydrogen (secondary N) is 1. The fraction of sp³-hybridized carbons (Fsp3) is 0.500. The lowest BCUT2D eigenvalue weighted by Crippen LogP contribution is -2.18. The van der Waals surface area contributed by atoms with Gasteiger partial charge in [0.1, 0.15) is 0 Å². The van der Waals surface area contributed by atoms with E-state index in [4.69, 9.17) is 25.8 Å². The molecule has 1 unspecified atom stereocenters. The lowest BCUT2D eigenvalue weighted by atomic mass is 10.2. The topological polar surface area (TPSA) is 39.7 Å². The van der Waals surface area contributed by atoms with Crippen molar-refractivity contribution < 1.29 is 14.2 Å². The Morgan fingerprint density at radius 1 is 1.29 bits per heavy atom. The van der Waals surface area contributed by atoms with Crippen LogP contribution in [0.25, 0.3) is 0 Å². The highest BCUT2D eigenvalue weighted by atomic mass is 35.5. The van der Waals surface area contributed by atoms with Gasteiger partial charge in [-0.25, -0.2) is 0 Å². The second kappa shape index (κ2) is 4.63. The van der Waals surface area contributed by atoms with Gasteiger partial charge in [-0.3, -0.25) is 0 Å². The summed E-state index contributed by atoms with van der Waals surface area (Å²) in [6, 6.07) is 3.65. The molecule has 1 aromatic carbocycles. The van der Waals surface area contributed by atoms with Crippen LogP contribution < -0.4 is 14.8 Å². The number of hydrogen-bond acceptors (Lipinski definition) is 4. The molecular weight excluding hydrogens is 242 g/mol. The van der Waals surface area contributed by atoms with Crippen LogP contribution in [-0.2, 0) is 4.74 Å². The van der Waals surface area contributed by atoms with E-state index in [1.165, 1.54) is 0 Å². The van der Waals surface area contributed by atoms with Gasteiger partial charge in [-0.2, -0.15) is 0 Å². The van der Waals surface area contributed by atoms with Crippen LogP contribution in [-0.4, -0.2) is 26.0 Å². The SMILES string of the molecule is Clc1cc2c(cc1NCC1CCCO1)OCO2. The fourth-order valence-electron chi connectivity index (χ4n) is 2.08. The van der Waals surface area contributed by atoms with Crippen molar-refractivity contribution in [2.24, 2.45) is 0 Å². The summed E-state index contributed by atoms with van der Waals surface area (Å²) < 4.78 is 16.1. The Morgan fingerprint density at radius 3 is 2.88 bits per heavy atom. The molecule has 2 heterocycles. The molecule has 0 aliphatic carbocycles. The van der Waals surface area contributed by atoms with Gasteiger partial charge in [0.15, 0.2) is 11.5 Å². The maximum atomic E-state index is 6.15. The quantitative estimate of drug-likeness (QED) is 0.901. The molecule has 1 saturated heterocycles. The molecule has 1 N–H and O–H groups in total. The van der Waals surface area contributed by atoms with Crippen molar-refractivity contribution in [1.82, 2.24) is 0 Å². The van der Waals surface area contributed by atoms with E-state index in [9.17, 15) is 0 Å². The Balaban J connectivity index is 1.69. The van der Waals surface area contributed by atoms with E-state index < -0.39 is 0 Å². The average Bonchev–Trinajstić information content (AvgIpc) is 2.95. The Kier molecular flexibility index (Phi) is 2.99. The Morgan fingerprint density at radius 2 is 2.12 bits per heavy atom. The number of ether oxygens (including phenoxy) is 3. The highest BCUT2D eigenvalue weighted by Crippen LogP contribution is 2.39. The molecule has 0 radical (unpaired) electrons. The molecule has 1 aromatic rings. The van der Waals surface area contributed by atoms with E-state index in [-0.39, 0.29) is 12.9 Å². The van der Waals surface area contributed by atoms with Crippen LogP contribution in [0.1, 0.15) is 12.8 Å². The first kappa shape index (κ1) is 11.0. The number of fused-ring (bicyclic) bond motifs is 1. The number of hydrogen-bond donors (Lipinski definition) is 1. The van der Waals surface area contributed by atoms with E-state index in [0.29, 0.717) is 10.8 Å². The van der Waals surface area contributed by atoms with Gasteiger partial charge in [0.2, 0.25) is 6.79 Å². The van der Waals surface area contributed by atoms with Crippen molar-refractivity contribution >= 4 is 17.3 Å². The maximum absolute atomic E-state index is 6.15. The molecule has 0 aromatic heterocycles. The predicted molar refractivity (Wildman–Crippen MR) is 65.0 cm³/mol. The summed E-state index contributed by atoms with van der Waals surface area (Å²) in [5.74, 6) is 1.45. The summed E-state index contributed by atoms with van der Waals surface area (Å²) in [4.78, 5) is 0. The van der Waals surface area contributed by atoms with Gasteiger partial charge in [0.05, 0.1) is 16.8 Å². The molecule has 17 heavy (non-hydrogen) atoms. The number of benzene rings is 1. The van der Waals surface area contributed by atoms with Crippen LogP contribution in [0.2, 0.25) is 5.02 Å². The number of anilines is 1. The smallest absolute Gasteiger partial charge is 0.231 e. The van der Waals surface area contributed by atoms with Gasteiger partial charge in [0, 0.05) is 25.3 Å². The number of rotatable bonds is 3. The summed E-state index contributed by atoms with van der Waals surface area (Å²) in [6.07, 6.45) is 2.53. The fourth-order valence-corrected chi connectivity index (χ4v) is 2.30. The molecule has 1 fully saturated rings. The second-order valence-corrected chi connectivity index (χ2v) is 4.61. The minimum atomic E-state index is 0.265. The Bertz CT molecular complexity index is 418. The van der Waals surface area contributed by atoms with Gasteiger partial charge in [-0.1, -0.05) is 11.6 Å². The average molecular weight is 256 g/mol. The Hall–Kier alpha value is -1.13. The molecule has 92 valence electrons. The summed E-state index contributed by atoms with van der Waals surface area (Å²) >= 11 is 6.15. The first-order valence-electron chi connectivity index (χ1n) is 5.77. The normalized spacial score (nSPS) is 21.8. The zero-order chi connectivity index (χ0) is 11.7. The van der Waals surface area contributed by atoms with Crippen molar-refractivity contribution in [1.29, 1.82) is 0 Å².